The molecule has 0 amide bonds. The van der Waals surface area contributed by atoms with Crippen LogP contribution in [0.15, 0.2) is 0 Å². The van der Waals surface area contributed by atoms with Gasteiger partial charge in [0.25, 0.3) is 0 Å². The molecule has 3 heteroatoms. The highest BCUT2D eigenvalue weighted by molar-refractivity contribution is 4.78. The molecule has 1 saturated heterocycles. The highest BCUT2D eigenvalue weighted by Gasteiger charge is 2.21. The second kappa shape index (κ2) is 7.25. The van der Waals surface area contributed by atoms with Crippen LogP contribution in [0.25, 0.3) is 0 Å². The molecule has 1 aliphatic heterocycles. The van der Waals surface area contributed by atoms with E-state index < -0.39 is 0 Å². The zero-order chi connectivity index (χ0) is 12.0. The van der Waals surface area contributed by atoms with Crippen molar-refractivity contribution in [3.8, 4) is 0 Å². The van der Waals surface area contributed by atoms with Crippen molar-refractivity contribution in [1.29, 1.82) is 0 Å². The third-order valence-corrected chi connectivity index (χ3v) is 3.89. The van der Waals surface area contributed by atoms with Gasteiger partial charge in [-0.3, -0.25) is 0 Å². The van der Waals surface area contributed by atoms with Crippen molar-refractivity contribution in [2.24, 2.45) is 11.7 Å². The lowest BCUT2D eigenvalue weighted by Crippen LogP contribution is -2.44. The third-order valence-electron chi connectivity index (χ3n) is 3.89. The zero-order valence-corrected chi connectivity index (χ0v) is 11.3. The van der Waals surface area contributed by atoms with Crippen molar-refractivity contribution in [2.45, 2.75) is 38.6 Å². The van der Waals surface area contributed by atoms with Crippen molar-refractivity contribution in [2.75, 3.05) is 40.3 Å². The van der Waals surface area contributed by atoms with E-state index >= 15 is 0 Å². The van der Waals surface area contributed by atoms with E-state index in [2.05, 4.69) is 30.8 Å². The molecule has 16 heavy (non-hydrogen) atoms. The number of hydrogen-bond acceptors (Lipinski definition) is 3. The van der Waals surface area contributed by atoms with Crippen molar-refractivity contribution in [3.63, 3.8) is 0 Å². The van der Waals surface area contributed by atoms with Crippen LogP contribution in [0, 0.1) is 5.92 Å². The van der Waals surface area contributed by atoms with E-state index in [9.17, 15) is 0 Å². The van der Waals surface area contributed by atoms with Gasteiger partial charge in [-0.1, -0.05) is 13.3 Å². The molecule has 0 aliphatic carbocycles. The van der Waals surface area contributed by atoms with Crippen LogP contribution >= 0.6 is 0 Å². The second-order valence-electron chi connectivity index (χ2n) is 5.36. The number of hydrogen-bond donors (Lipinski definition) is 1. The van der Waals surface area contributed by atoms with E-state index in [1.165, 1.54) is 45.3 Å². The summed E-state index contributed by atoms with van der Waals surface area (Å²) in [6.45, 7) is 6.76. The lowest BCUT2D eigenvalue weighted by atomic mass is 9.99. The minimum Gasteiger partial charge on any atom is -0.330 e. The first-order valence-electron chi connectivity index (χ1n) is 6.76. The summed E-state index contributed by atoms with van der Waals surface area (Å²) in [4.78, 5) is 4.97. The molecule has 1 aliphatic rings. The Kier molecular flexibility index (Phi) is 6.32. The Morgan fingerprint density at radius 1 is 1.38 bits per heavy atom. The van der Waals surface area contributed by atoms with Crippen LogP contribution in [0.5, 0.6) is 0 Å². The van der Waals surface area contributed by atoms with Gasteiger partial charge < -0.3 is 15.5 Å². The fraction of sp³-hybridized carbons (Fsp3) is 1.00. The smallest absolute Gasteiger partial charge is 0.0117 e. The van der Waals surface area contributed by atoms with Crippen molar-refractivity contribution >= 4 is 0 Å². The standard InChI is InChI=1S/C13H29N3/c1-4-5-12(10-14)11-16(3)13-6-8-15(2)9-7-13/h12-13H,4-11,14H2,1-3H3. The van der Waals surface area contributed by atoms with Gasteiger partial charge in [0.05, 0.1) is 0 Å². The number of piperidine rings is 1. The maximum Gasteiger partial charge on any atom is 0.0117 e. The predicted molar refractivity (Wildman–Crippen MR) is 70.6 cm³/mol. The normalized spacial score (nSPS) is 21.6. The van der Waals surface area contributed by atoms with Crippen molar-refractivity contribution in [1.82, 2.24) is 9.80 Å². The summed E-state index contributed by atoms with van der Waals surface area (Å²) in [6, 6.07) is 0.780. The van der Waals surface area contributed by atoms with Crippen LogP contribution in [0.2, 0.25) is 0 Å². The van der Waals surface area contributed by atoms with Gasteiger partial charge in [-0.15, -0.1) is 0 Å². The lowest BCUT2D eigenvalue weighted by molar-refractivity contribution is 0.128. The van der Waals surface area contributed by atoms with E-state index in [4.69, 9.17) is 5.73 Å². The van der Waals surface area contributed by atoms with Crippen molar-refractivity contribution < 1.29 is 0 Å². The Labute approximate surface area is 101 Å². The molecule has 0 radical (unpaired) electrons. The maximum absolute atomic E-state index is 5.82. The molecule has 0 aromatic heterocycles. The van der Waals surface area contributed by atoms with E-state index in [1.807, 2.05) is 0 Å². The van der Waals surface area contributed by atoms with E-state index in [0.717, 1.165) is 12.6 Å². The summed E-state index contributed by atoms with van der Waals surface area (Å²) in [5.74, 6) is 0.689. The van der Waals surface area contributed by atoms with Crippen LogP contribution in [0.3, 0.4) is 0 Å². The minimum atomic E-state index is 0.689. The second-order valence-corrected chi connectivity index (χ2v) is 5.36. The summed E-state index contributed by atoms with van der Waals surface area (Å²) in [5.41, 5.74) is 5.82. The molecular formula is C13H29N3. The van der Waals surface area contributed by atoms with Crippen LogP contribution in [-0.2, 0) is 0 Å². The number of nitrogens with zero attached hydrogens (tertiary/aromatic N) is 2. The molecule has 1 fully saturated rings. The topological polar surface area (TPSA) is 32.5 Å². The molecule has 0 saturated carbocycles. The Bertz CT molecular complexity index is 176. The zero-order valence-electron chi connectivity index (χ0n) is 11.3. The SMILES string of the molecule is CCCC(CN)CN(C)C1CCN(C)CC1. The van der Waals surface area contributed by atoms with E-state index in [1.54, 1.807) is 0 Å². The minimum absolute atomic E-state index is 0.689. The van der Waals surface area contributed by atoms with Gasteiger partial charge in [-0.05, 0) is 58.9 Å². The van der Waals surface area contributed by atoms with Gasteiger partial charge in [0.1, 0.15) is 0 Å². The van der Waals surface area contributed by atoms with Gasteiger partial charge in [-0.2, -0.15) is 0 Å². The average molecular weight is 227 g/mol. The molecule has 1 heterocycles. The molecule has 2 N–H and O–H groups in total. The number of likely N-dealkylation sites (tertiary alicyclic amines) is 1. The monoisotopic (exact) mass is 227 g/mol. The van der Waals surface area contributed by atoms with Crippen LogP contribution in [-0.4, -0.2) is 56.1 Å². The van der Waals surface area contributed by atoms with Crippen molar-refractivity contribution in [3.05, 3.63) is 0 Å². The van der Waals surface area contributed by atoms with Gasteiger partial charge in [0, 0.05) is 12.6 Å². The fourth-order valence-electron chi connectivity index (χ4n) is 2.68. The first kappa shape index (κ1) is 13.9. The van der Waals surface area contributed by atoms with Gasteiger partial charge in [0.15, 0.2) is 0 Å². The first-order chi connectivity index (χ1) is 7.67. The summed E-state index contributed by atoms with van der Waals surface area (Å²) >= 11 is 0. The molecule has 1 atom stereocenters. The number of nitrogens with two attached hydrogens (primary N) is 1. The molecule has 3 nitrogen and oxygen atoms in total. The molecule has 96 valence electrons. The highest BCUT2D eigenvalue weighted by Crippen LogP contribution is 2.16. The summed E-state index contributed by atoms with van der Waals surface area (Å²) < 4.78 is 0. The average Bonchev–Trinajstić information content (AvgIpc) is 2.29. The Balaban J connectivity index is 2.30. The third kappa shape index (κ3) is 4.40. The largest absolute Gasteiger partial charge is 0.330 e. The first-order valence-corrected chi connectivity index (χ1v) is 6.76. The van der Waals surface area contributed by atoms with Gasteiger partial charge in [0.2, 0.25) is 0 Å². The Hall–Kier alpha value is -0.120. The maximum atomic E-state index is 5.82. The van der Waals surface area contributed by atoms with Crippen LogP contribution in [0.1, 0.15) is 32.6 Å². The van der Waals surface area contributed by atoms with Gasteiger partial charge >= 0.3 is 0 Å². The quantitative estimate of drug-likeness (QED) is 0.744. The Morgan fingerprint density at radius 2 is 2.00 bits per heavy atom. The lowest BCUT2D eigenvalue weighted by Gasteiger charge is -2.36. The van der Waals surface area contributed by atoms with Crippen LogP contribution < -0.4 is 5.73 Å². The molecule has 0 aromatic carbocycles. The molecule has 0 bridgehead atoms. The molecular weight excluding hydrogens is 198 g/mol. The molecule has 0 aromatic rings. The molecule has 1 unspecified atom stereocenters. The molecule has 0 spiro atoms. The molecule has 1 rings (SSSR count). The summed E-state index contributed by atoms with van der Waals surface area (Å²) in [6.07, 6.45) is 5.16. The highest BCUT2D eigenvalue weighted by atomic mass is 15.2. The summed E-state index contributed by atoms with van der Waals surface area (Å²) in [7, 11) is 4.49. The van der Waals surface area contributed by atoms with E-state index in [-0.39, 0.29) is 0 Å². The fourth-order valence-corrected chi connectivity index (χ4v) is 2.68. The van der Waals surface area contributed by atoms with Gasteiger partial charge in [-0.25, -0.2) is 0 Å². The predicted octanol–water partition coefficient (Wildman–Crippen LogP) is 1.39. The number of rotatable bonds is 6. The summed E-state index contributed by atoms with van der Waals surface area (Å²) in [5, 5.41) is 0. The Morgan fingerprint density at radius 3 is 2.50 bits per heavy atom. The van der Waals surface area contributed by atoms with E-state index in [0.29, 0.717) is 5.92 Å². The van der Waals surface area contributed by atoms with Crippen LogP contribution in [0.4, 0.5) is 0 Å².